The Morgan fingerprint density at radius 3 is 1.55 bits per heavy atom. The lowest BCUT2D eigenvalue weighted by atomic mass is 9.84. The quantitative estimate of drug-likeness (QED) is 0.558. The minimum atomic E-state index is -1.17. The van der Waals surface area contributed by atoms with Crippen molar-refractivity contribution in [2.24, 2.45) is 11.8 Å². The van der Waals surface area contributed by atoms with Crippen molar-refractivity contribution in [1.29, 1.82) is 0 Å². The maximum Gasteiger partial charge on any atom is 0.185 e. The van der Waals surface area contributed by atoms with Gasteiger partial charge < -0.3 is 29.9 Å². The van der Waals surface area contributed by atoms with Crippen LogP contribution in [0, 0.1) is 11.8 Å². The second-order valence-corrected chi connectivity index (χ2v) is 6.39. The molecule has 3 aliphatic rings. The van der Waals surface area contributed by atoms with Gasteiger partial charge in [-0.15, -0.1) is 0 Å². The van der Waals surface area contributed by atoms with Crippen LogP contribution in [0.4, 0.5) is 0 Å². The van der Waals surface area contributed by atoms with Crippen LogP contribution >= 0.6 is 0 Å². The van der Waals surface area contributed by atoms with E-state index in [4.69, 9.17) is 9.47 Å². The molecule has 2 unspecified atom stereocenters. The molecule has 6 heteroatoms. The van der Waals surface area contributed by atoms with Crippen LogP contribution in [0.5, 0.6) is 0 Å². The van der Waals surface area contributed by atoms with E-state index in [1.54, 1.807) is 0 Å². The number of aliphatic hydroxyl groups excluding tert-OH is 4. The van der Waals surface area contributed by atoms with Crippen LogP contribution in [0.3, 0.4) is 0 Å². The van der Waals surface area contributed by atoms with Crippen molar-refractivity contribution in [2.75, 3.05) is 13.2 Å². The minimum Gasteiger partial charge on any atom is -0.396 e. The van der Waals surface area contributed by atoms with Crippen molar-refractivity contribution in [3.63, 3.8) is 0 Å². The summed E-state index contributed by atoms with van der Waals surface area (Å²) in [4.78, 5) is 0. The van der Waals surface area contributed by atoms with Crippen molar-refractivity contribution in [3.05, 3.63) is 0 Å². The van der Waals surface area contributed by atoms with Crippen molar-refractivity contribution in [1.82, 2.24) is 0 Å². The van der Waals surface area contributed by atoms with Gasteiger partial charge in [0, 0.05) is 25.0 Å². The molecule has 1 aliphatic heterocycles. The Hall–Kier alpha value is -0.240. The average molecular weight is 288 g/mol. The third-order valence-electron chi connectivity index (χ3n) is 5.56. The van der Waals surface area contributed by atoms with E-state index in [-0.39, 0.29) is 25.0 Å². The SMILES string of the molecule is OC[C@H]1CCC[C@]12OC(O)[C@@]1(CCC[C@@H]1CO)OC2O. The normalized spacial score (nSPS) is 52.2. The molecule has 3 rings (SSSR count). The fourth-order valence-corrected chi connectivity index (χ4v) is 4.33. The number of hydrogen-bond donors (Lipinski definition) is 4. The molecule has 0 amide bonds. The lowest BCUT2D eigenvalue weighted by Gasteiger charge is -2.53. The summed E-state index contributed by atoms with van der Waals surface area (Å²) in [5.41, 5.74) is -2.02. The maximum absolute atomic E-state index is 10.5. The zero-order chi connectivity index (χ0) is 14.4. The van der Waals surface area contributed by atoms with Gasteiger partial charge >= 0.3 is 0 Å². The van der Waals surface area contributed by atoms with E-state index in [9.17, 15) is 20.4 Å². The summed E-state index contributed by atoms with van der Waals surface area (Å²) in [7, 11) is 0. The molecule has 4 N–H and O–H groups in total. The third kappa shape index (κ3) is 1.86. The van der Waals surface area contributed by atoms with Gasteiger partial charge in [-0.05, 0) is 38.5 Å². The minimum absolute atomic E-state index is 0.0937. The van der Waals surface area contributed by atoms with Gasteiger partial charge in [-0.3, -0.25) is 0 Å². The van der Waals surface area contributed by atoms with Crippen molar-refractivity contribution < 1.29 is 29.9 Å². The van der Waals surface area contributed by atoms with E-state index in [2.05, 4.69) is 0 Å². The Labute approximate surface area is 118 Å². The highest BCUT2D eigenvalue weighted by Crippen LogP contribution is 2.52. The molecule has 0 aromatic rings. The molecule has 116 valence electrons. The standard InChI is InChI=1S/C14H24O6/c15-7-9-3-1-5-13(9)11(17)20-14(12(18)19-13)6-2-4-10(14)8-16/h9-12,15-18H,1-8H2/t9-,10-,11?,12?,13+,14+/m1/s1. The van der Waals surface area contributed by atoms with Crippen molar-refractivity contribution >= 4 is 0 Å². The van der Waals surface area contributed by atoms with Crippen molar-refractivity contribution in [2.45, 2.75) is 62.3 Å². The number of rotatable bonds is 2. The largest absolute Gasteiger partial charge is 0.396 e. The summed E-state index contributed by atoms with van der Waals surface area (Å²) in [6.45, 7) is -0.187. The van der Waals surface area contributed by atoms with Gasteiger partial charge in [0.1, 0.15) is 11.2 Å². The lowest BCUT2D eigenvalue weighted by Crippen LogP contribution is -2.66. The van der Waals surface area contributed by atoms with Gasteiger partial charge in [-0.2, -0.15) is 0 Å². The molecule has 2 spiro atoms. The first-order valence-corrected chi connectivity index (χ1v) is 7.52. The number of ether oxygens (including phenoxy) is 2. The molecule has 0 aromatic carbocycles. The van der Waals surface area contributed by atoms with Gasteiger partial charge in [0.2, 0.25) is 0 Å². The van der Waals surface area contributed by atoms with Crippen LogP contribution in [-0.2, 0) is 9.47 Å². The molecular formula is C14H24O6. The molecule has 0 radical (unpaired) electrons. The molecule has 1 heterocycles. The van der Waals surface area contributed by atoms with E-state index < -0.39 is 23.8 Å². The summed E-state index contributed by atoms with van der Waals surface area (Å²) in [6, 6.07) is 0. The van der Waals surface area contributed by atoms with Gasteiger partial charge in [0.25, 0.3) is 0 Å². The predicted molar refractivity (Wildman–Crippen MR) is 68.5 cm³/mol. The Kier molecular flexibility index (Phi) is 3.81. The zero-order valence-corrected chi connectivity index (χ0v) is 11.6. The first kappa shape index (κ1) is 14.7. The summed E-state index contributed by atoms with van der Waals surface area (Å²) < 4.78 is 11.7. The van der Waals surface area contributed by atoms with Gasteiger partial charge in [0.05, 0.1) is 0 Å². The predicted octanol–water partition coefficient (Wildman–Crippen LogP) is -0.268. The maximum atomic E-state index is 10.5. The van der Waals surface area contributed by atoms with Crippen LogP contribution < -0.4 is 0 Å². The fourth-order valence-electron chi connectivity index (χ4n) is 4.33. The van der Waals surface area contributed by atoms with Crippen LogP contribution in [0.25, 0.3) is 0 Å². The topological polar surface area (TPSA) is 99.4 Å². The van der Waals surface area contributed by atoms with Crippen LogP contribution in [0.15, 0.2) is 0 Å². The molecule has 0 aromatic heterocycles. The summed E-state index contributed by atoms with van der Waals surface area (Å²) in [5, 5.41) is 39.9. The second kappa shape index (κ2) is 5.19. The van der Waals surface area contributed by atoms with Gasteiger partial charge in [-0.25, -0.2) is 0 Å². The lowest BCUT2D eigenvalue weighted by molar-refractivity contribution is -0.418. The highest BCUT2D eigenvalue weighted by Gasteiger charge is 2.63. The number of hydrogen-bond acceptors (Lipinski definition) is 6. The average Bonchev–Trinajstić information content (AvgIpc) is 3.02. The van der Waals surface area contributed by atoms with Gasteiger partial charge in [-0.1, -0.05) is 0 Å². The van der Waals surface area contributed by atoms with E-state index >= 15 is 0 Å². The first-order valence-electron chi connectivity index (χ1n) is 7.52. The fraction of sp³-hybridized carbons (Fsp3) is 1.00. The van der Waals surface area contributed by atoms with E-state index in [0.29, 0.717) is 12.8 Å². The summed E-state index contributed by atoms with van der Waals surface area (Å²) in [6.07, 6.45) is 1.95. The Balaban J connectivity index is 1.86. The molecule has 2 saturated carbocycles. The summed E-state index contributed by atoms with van der Waals surface area (Å²) in [5.74, 6) is -0.447. The first-order chi connectivity index (χ1) is 9.59. The second-order valence-electron chi connectivity index (χ2n) is 6.39. The molecular weight excluding hydrogens is 264 g/mol. The molecule has 0 bridgehead atoms. The molecule has 2 aliphatic carbocycles. The molecule has 6 nitrogen and oxygen atoms in total. The molecule has 1 saturated heterocycles. The molecule has 3 fully saturated rings. The van der Waals surface area contributed by atoms with E-state index in [1.165, 1.54) is 0 Å². The zero-order valence-electron chi connectivity index (χ0n) is 11.6. The highest BCUT2D eigenvalue weighted by molar-refractivity contribution is 5.06. The third-order valence-corrected chi connectivity index (χ3v) is 5.56. The van der Waals surface area contributed by atoms with E-state index in [0.717, 1.165) is 25.7 Å². The Bertz CT molecular complexity index is 330. The Morgan fingerprint density at radius 1 is 0.800 bits per heavy atom. The monoisotopic (exact) mass is 288 g/mol. The highest BCUT2D eigenvalue weighted by atomic mass is 16.7. The van der Waals surface area contributed by atoms with Crippen LogP contribution in [0.2, 0.25) is 0 Å². The number of aliphatic hydroxyl groups is 4. The Morgan fingerprint density at radius 2 is 1.20 bits per heavy atom. The summed E-state index contributed by atoms with van der Waals surface area (Å²) >= 11 is 0. The van der Waals surface area contributed by atoms with E-state index in [1.807, 2.05) is 0 Å². The van der Waals surface area contributed by atoms with Crippen molar-refractivity contribution in [3.8, 4) is 0 Å². The molecule has 20 heavy (non-hydrogen) atoms. The molecule has 6 atom stereocenters. The van der Waals surface area contributed by atoms with Crippen LogP contribution in [-0.4, -0.2) is 57.4 Å². The van der Waals surface area contributed by atoms with Gasteiger partial charge in [0.15, 0.2) is 12.6 Å². The van der Waals surface area contributed by atoms with Crippen LogP contribution in [0.1, 0.15) is 38.5 Å². The smallest absolute Gasteiger partial charge is 0.185 e.